The largest absolute Gasteiger partial charge is 0.309 e. The fourth-order valence-electron chi connectivity index (χ4n) is 2.70. The Morgan fingerprint density at radius 3 is 2.72 bits per heavy atom. The van der Waals surface area contributed by atoms with Crippen LogP contribution in [-0.2, 0) is 0 Å². The van der Waals surface area contributed by atoms with Crippen LogP contribution in [0, 0.1) is 5.92 Å². The molecule has 18 heavy (non-hydrogen) atoms. The van der Waals surface area contributed by atoms with Crippen molar-refractivity contribution in [3.05, 3.63) is 11.1 Å². The molecule has 0 aliphatic carbocycles. The fourth-order valence-corrected chi connectivity index (χ4v) is 2.77. The van der Waals surface area contributed by atoms with Crippen molar-refractivity contribution in [2.75, 3.05) is 19.6 Å². The van der Waals surface area contributed by atoms with Gasteiger partial charge in [-0.1, -0.05) is 38.8 Å². The van der Waals surface area contributed by atoms with Gasteiger partial charge in [-0.05, 0) is 31.8 Å². The lowest BCUT2D eigenvalue weighted by atomic mass is 9.88. The van der Waals surface area contributed by atoms with E-state index in [2.05, 4.69) is 44.8 Å². The maximum absolute atomic E-state index is 5.83. The second kappa shape index (κ2) is 6.93. The van der Waals surface area contributed by atoms with E-state index in [-0.39, 0.29) is 5.54 Å². The van der Waals surface area contributed by atoms with Crippen molar-refractivity contribution in [2.24, 2.45) is 5.92 Å². The van der Waals surface area contributed by atoms with Crippen LogP contribution < -0.4 is 5.32 Å². The monoisotopic (exact) mass is 272 g/mol. The fraction of sp³-hybridized carbons (Fsp3) is 0.867. The number of rotatable bonds is 5. The Hall–Kier alpha value is -0.0500. The molecule has 3 unspecified atom stereocenters. The Bertz CT molecular complexity index is 290. The second-order valence-electron chi connectivity index (χ2n) is 6.11. The zero-order valence-corrected chi connectivity index (χ0v) is 13.3. The summed E-state index contributed by atoms with van der Waals surface area (Å²) < 4.78 is 0. The molecule has 0 bridgehead atoms. The summed E-state index contributed by atoms with van der Waals surface area (Å²) in [6.45, 7) is 14.5. The van der Waals surface area contributed by atoms with Gasteiger partial charge in [0, 0.05) is 36.8 Å². The first-order chi connectivity index (χ1) is 8.45. The van der Waals surface area contributed by atoms with E-state index >= 15 is 0 Å². The molecular formula is C15H29ClN2. The molecule has 1 aliphatic rings. The van der Waals surface area contributed by atoms with Gasteiger partial charge in [0.2, 0.25) is 0 Å². The average Bonchev–Trinajstić information content (AvgIpc) is 2.38. The Morgan fingerprint density at radius 1 is 1.56 bits per heavy atom. The zero-order valence-electron chi connectivity index (χ0n) is 12.6. The highest BCUT2D eigenvalue weighted by Gasteiger charge is 2.36. The van der Waals surface area contributed by atoms with Crippen LogP contribution in [0.5, 0.6) is 0 Å². The second-order valence-corrected chi connectivity index (χ2v) is 6.33. The first-order valence-corrected chi connectivity index (χ1v) is 7.64. The lowest BCUT2D eigenvalue weighted by molar-refractivity contribution is 0.0631. The van der Waals surface area contributed by atoms with Crippen molar-refractivity contribution < 1.29 is 0 Å². The van der Waals surface area contributed by atoms with Crippen LogP contribution in [0.2, 0.25) is 0 Å². The van der Waals surface area contributed by atoms with Gasteiger partial charge in [0.15, 0.2) is 0 Å². The molecule has 0 aromatic carbocycles. The molecule has 1 N–H and O–H groups in total. The van der Waals surface area contributed by atoms with Crippen molar-refractivity contribution in [2.45, 2.75) is 59.0 Å². The number of hydrogen-bond acceptors (Lipinski definition) is 2. The molecule has 2 nitrogen and oxygen atoms in total. The molecule has 1 rings (SSSR count). The first-order valence-electron chi connectivity index (χ1n) is 7.20. The van der Waals surface area contributed by atoms with Gasteiger partial charge < -0.3 is 5.32 Å². The van der Waals surface area contributed by atoms with Crippen molar-refractivity contribution in [3.8, 4) is 0 Å². The third-order valence-electron chi connectivity index (χ3n) is 4.48. The molecule has 1 heterocycles. The van der Waals surface area contributed by atoms with Crippen molar-refractivity contribution in [1.82, 2.24) is 10.2 Å². The zero-order chi connectivity index (χ0) is 13.8. The lowest BCUT2D eigenvalue weighted by Gasteiger charge is -2.48. The normalized spacial score (nSPS) is 32.6. The Kier molecular flexibility index (Phi) is 6.16. The van der Waals surface area contributed by atoms with Gasteiger partial charge in [-0.2, -0.15) is 0 Å². The van der Waals surface area contributed by atoms with Crippen LogP contribution >= 0.6 is 11.6 Å². The summed E-state index contributed by atoms with van der Waals surface area (Å²) in [6.07, 6.45) is 2.40. The lowest BCUT2D eigenvalue weighted by Crippen LogP contribution is -2.64. The minimum atomic E-state index is 0.247. The summed E-state index contributed by atoms with van der Waals surface area (Å²) in [5.74, 6) is 0.724. The number of piperazine rings is 1. The van der Waals surface area contributed by atoms with Crippen LogP contribution in [0.4, 0.5) is 0 Å². The summed E-state index contributed by atoms with van der Waals surface area (Å²) in [5, 5.41) is 3.74. The summed E-state index contributed by atoms with van der Waals surface area (Å²) in [4.78, 5) is 2.61. The molecule has 0 saturated carbocycles. The highest BCUT2D eigenvalue weighted by Crippen LogP contribution is 2.25. The number of hydrogen-bond donors (Lipinski definition) is 1. The van der Waals surface area contributed by atoms with Crippen molar-refractivity contribution >= 4 is 11.6 Å². The maximum atomic E-state index is 5.83. The predicted octanol–water partition coefficient (Wildman–Crippen LogP) is 3.62. The van der Waals surface area contributed by atoms with E-state index in [4.69, 9.17) is 11.6 Å². The molecule has 3 heteroatoms. The minimum Gasteiger partial charge on any atom is -0.309 e. The molecule has 106 valence electrons. The smallest absolute Gasteiger partial charge is 0.0278 e. The Balaban J connectivity index is 2.79. The number of nitrogens with zero attached hydrogens (tertiary/aromatic N) is 1. The summed E-state index contributed by atoms with van der Waals surface area (Å²) >= 11 is 5.83. The molecule has 0 amide bonds. The molecule has 0 aromatic heterocycles. The third-order valence-corrected chi connectivity index (χ3v) is 4.85. The molecule has 3 atom stereocenters. The van der Waals surface area contributed by atoms with E-state index in [0.717, 1.165) is 25.6 Å². The quantitative estimate of drug-likeness (QED) is 0.822. The minimum absolute atomic E-state index is 0.247. The molecule has 1 aliphatic heterocycles. The highest BCUT2D eigenvalue weighted by atomic mass is 35.5. The van der Waals surface area contributed by atoms with Gasteiger partial charge in [-0.15, -0.1) is 0 Å². The van der Waals surface area contributed by atoms with E-state index in [1.165, 1.54) is 18.4 Å². The van der Waals surface area contributed by atoms with Crippen LogP contribution in [0.3, 0.4) is 0 Å². The summed E-state index contributed by atoms with van der Waals surface area (Å²) in [5.41, 5.74) is 3.22. The topological polar surface area (TPSA) is 15.3 Å². The van der Waals surface area contributed by atoms with Gasteiger partial charge >= 0.3 is 0 Å². The summed E-state index contributed by atoms with van der Waals surface area (Å²) in [6, 6.07) is 0.626. The van der Waals surface area contributed by atoms with Crippen LogP contribution in [-0.4, -0.2) is 36.1 Å². The molecular weight excluding hydrogens is 244 g/mol. The molecule has 0 aromatic rings. The molecule has 1 fully saturated rings. The van der Waals surface area contributed by atoms with E-state index < -0.39 is 0 Å². The summed E-state index contributed by atoms with van der Waals surface area (Å²) in [7, 11) is 0. The maximum Gasteiger partial charge on any atom is 0.0278 e. The number of nitrogens with one attached hydrogen (secondary N) is 1. The van der Waals surface area contributed by atoms with Gasteiger partial charge in [-0.3, -0.25) is 4.90 Å². The van der Waals surface area contributed by atoms with E-state index in [9.17, 15) is 0 Å². The van der Waals surface area contributed by atoms with Crippen LogP contribution in [0.1, 0.15) is 47.5 Å². The van der Waals surface area contributed by atoms with Crippen LogP contribution in [0.25, 0.3) is 0 Å². The van der Waals surface area contributed by atoms with Crippen molar-refractivity contribution in [3.63, 3.8) is 0 Å². The highest BCUT2D eigenvalue weighted by molar-refractivity contribution is 6.25. The number of halogens is 1. The SMILES string of the molecule is CCC(C)C1CNC(C)(CC)CN1CC(C)=CCl. The molecule has 1 saturated heterocycles. The van der Waals surface area contributed by atoms with Gasteiger partial charge in [0.1, 0.15) is 0 Å². The Morgan fingerprint density at radius 2 is 2.22 bits per heavy atom. The van der Waals surface area contributed by atoms with E-state index in [0.29, 0.717) is 6.04 Å². The molecule has 0 radical (unpaired) electrons. The van der Waals surface area contributed by atoms with E-state index in [1.807, 2.05) is 0 Å². The van der Waals surface area contributed by atoms with Gasteiger partial charge in [0.05, 0.1) is 0 Å². The van der Waals surface area contributed by atoms with Crippen molar-refractivity contribution in [1.29, 1.82) is 0 Å². The van der Waals surface area contributed by atoms with Gasteiger partial charge in [0.25, 0.3) is 0 Å². The van der Waals surface area contributed by atoms with E-state index in [1.54, 1.807) is 5.54 Å². The van der Waals surface area contributed by atoms with Crippen LogP contribution in [0.15, 0.2) is 11.1 Å². The molecule has 0 spiro atoms. The Labute approximate surface area is 118 Å². The third kappa shape index (κ3) is 3.97. The van der Waals surface area contributed by atoms with Gasteiger partial charge in [-0.25, -0.2) is 0 Å². The predicted molar refractivity (Wildman–Crippen MR) is 81.1 cm³/mol. The first kappa shape index (κ1) is 16.0. The standard InChI is InChI=1S/C15H29ClN2/c1-6-13(4)14-9-17-15(5,7-2)11-18(14)10-12(3)8-16/h8,13-14,17H,6-7,9-11H2,1-5H3. The average molecular weight is 273 g/mol.